The van der Waals surface area contributed by atoms with Crippen LogP contribution in [-0.2, 0) is 9.84 Å². The fourth-order valence-electron chi connectivity index (χ4n) is 2.73. The molecule has 1 fully saturated rings. The third-order valence-electron chi connectivity index (χ3n) is 4.21. The van der Waals surface area contributed by atoms with Crippen LogP contribution in [0, 0.1) is 5.92 Å². The van der Waals surface area contributed by atoms with E-state index in [0.29, 0.717) is 24.5 Å². The molecule has 1 rings (SSSR count). The van der Waals surface area contributed by atoms with Crippen molar-refractivity contribution in [2.24, 2.45) is 5.92 Å². The topological polar surface area (TPSA) is 49.4 Å². The zero-order valence-electron chi connectivity index (χ0n) is 13.7. The van der Waals surface area contributed by atoms with Crippen LogP contribution in [0.25, 0.3) is 0 Å². The van der Waals surface area contributed by atoms with Gasteiger partial charge in [-0.15, -0.1) is 0 Å². The molecule has 2 unspecified atom stereocenters. The summed E-state index contributed by atoms with van der Waals surface area (Å²) in [6.45, 7) is 12.9. The van der Waals surface area contributed by atoms with E-state index >= 15 is 0 Å². The number of sulfone groups is 1. The maximum Gasteiger partial charge on any atom is 0.153 e. The van der Waals surface area contributed by atoms with E-state index in [9.17, 15) is 8.42 Å². The highest BCUT2D eigenvalue weighted by Gasteiger charge is 2.25. The van der Waals surface area contributed by atoms with Crippen molar-refractivity contribution >= 4 is 9.84 Å². The second-order valence-corrected chi connectivity index (χ2v) is 9.51. The summed E-state index contributed by atoms with van der Waals surface area (Å²) in [4.78, 5) is 2.35. The molecule has 0 saturated carbocycles. The van der Waals surface area contributed by atoms with Crippen LogP contribution in [0.1, 0.15) is 47.5 Å². The van der Waals surface area contributed by atoms with Crippen molar-refractivity contribution in [3.8, 4) is 0 Å². The molecule has 0 spiro atoms. The Morgan fingerprint density at radius 1 is 1.25 bits per heavy atom. The fraction of sp³-hybridized carbons (Fsp3) is 1.00. The van der Waals surface area contributed by atoms with E-state index in [1.807, 2.05) is 0 Å². The molecule has 1 N–H and O–H groups in total. The summed E-state index contributed by atoms with van der Waals surface area (Å²) in [6.07, 6.45) is 2.25. The van der Waals surface area contributed by atoms with Gasteiger partial charge in [-0.05, 0) is 46.1 Å². The van der Waals surface area contributed by atoms with Crippen molar-refractivity contribution in [2.75, 3.05) is 25.4 Å². The SMILES string of the molecule is CC(C)CC1CN(CCS(=O)(=O)C(C)C)C(C)CCN1. The lowest BCUT2D eigenvalue weighted by atomic mass is 10.0. The Hall–Kier alpha value is -0.130. The Morgan fingerprint density at radius 3 is 2.45 bits per heavy atom. The standard InChI is InChI=1S/C15H32N2O2S/c1-12(2)10-15-11-17(14(5)6-7-16-15)8-9-20(18,19)13(3)4/h12-16H,6-11H2,1-5H3. The first-order chi connectivity index (χ1) is 9.22. The first-order valence-electron chi connectivity index (χ1n) is 7.91. The van der Waals surface area contributed by atoms with Gasteiger partial charge in [0.1, 0.15) is 0 Å². The zero-order valence-corrected chi connectivity index (χ0v) is 14.5. The van der Waals surface area contributed by atoms with Crippen LogP contribution in [-0.4, -0.2) is 56.0 Å². The summed E-state index contributed by atoms with van der Waals surface area (Å²) < 4.78 is 24.0. The molecule has 1 aliphatic rings. The first-order valence-corrected chi connectivity index (χ1v) is 9.63. The molecule has 0 bridgehead atoms. The molecule has 20 heavy (non-hydrogen) atoms. The lowest BCUT2D eigenvalue weighted by molar-refractivity contribution is 0.209. The summed E-state index contributed by atoms with van der Waals surface area (Å²) in [7, 11) is -2.94. The highest BCUT2D eigenvalue weighted by Crippen LogP contribution is 2.14. The number of rotatable bonds is 6. The Balaban J connectivity index is 2.60. The Bertz CT molecular complexity index is 379. The molecule has 0 aromatic rings. The van der Waals surface area contributed by atoms with E-state index < -0.39 is 9.84 Å². The molecule has 2 atom stereocenters. The average Bonchev–Trinajstić information content (AvgIpc) is 2.48. The quantitative estimate of drug-likeness (QED) is 0.814. The van der Waals surface area contributed by atoms with Gasteiger partial charge in [0.15, 0.2) is 9.84 Å². The summed E-state index contributed by atoms with van der Waals surface area (Å²) in [5.41, 5.74) is 0. The third-order valence-corrected chi connectivity index (χ3v) is 6.40. The van der Waals surface area contributed by atoms with Crippen LogP contribution in [0.4, 0.5) is 0 Å². The smallest absolute Gasteiger partial charge is 0.153 e. The lowest BCUT2D eigenvalue weighted by Crippen LogP contribution is -2.43. The molecule has 1 aliphatic heterocycles. The second kappa shape index (κ2) is 7.76. The van der Waals surface area contributed by atoms with E-state index in [1.54, 1.807) is 13.8 Å². The van der Waals surface area contributed by atoms with E-state index in [2.05, 4.69) is 31.0 Å². The minimum absolute atomic E-state index is 0.269. The van der Waals surface area contributed by atoms with Crippen LogP contribution in [0.2, 0.25) is 0 Å². The summed E-state index contributed by atoms with van der Waals surface area (Å²) >= 11 is 0. The third kappa shape index (κ3) is 5.70. The summed E-state index contributed by atoms with van der Waals surface area (Å²) in [6, 6.07) is 0.948. The molecule has 120 valence electrons. The van der Waals surface area contributed by atoms with Crippen LogP contribution in [0.5, 0.6) is 0 Å². The van der Waals surface area contributed by atoms with Crippen LogP contribution in [0.15, 0.2) is 0 Å². The minimum atomic E-state index is -2.94. The van der Waals surface area contributed by atoms with Crippen molar-refractivity contribution in [2.45, 2.75) is 64.8 Å². The number of nitrogens with zero attached hydrogens (tertiary/aromatic N) is 1. The predicted molar refractivity (Wildman–Crippen MR) is 85.8 cm³/mol. The fourth-order valence-corrected chi connectivity index (χ4v) is 3.69. The Kier molecular flexibility index (Phi) is 6.95. The molecule has 0 amide bonds. The van der Waals surface area contributed by atoms with Crippen LogP contribution in [0.3, 0.4) is 0 Å². The van der Waals surface area contributed by atoms with Gasteiger partial charge in [-0.2, -0.15) is 0 Å². The molecule has 0 aromatic heterocycles. The maximum absolute atomic E-state index is 12.0. The highest BCUT2D eigenvalue weighted by molar-refractivity contribution is 7.92. The van der Waals surface area contributed by atoms with Gasteiger partial charge < -0.3 is 5.32 Å². The molecule has 0 aliphatic carbocycles. The van der Waals surface area contributed by atoms with E-state index in [1.165, 1.54) is 0 Å². The molecule has 1 heterocycles. The Morgan fingerprint density at radius 2 is 1.90 bits per heavy atom. The molecular formula is C15H32N2O2S. The second-order valence-electron chi connectivity index (χ2n) is 6.83. The molecule has 5 heteroatoms. The lowest BCUT2D eigenvalue weighted by Gasteiger charge is -2.29. The van der Waals surface area contributed by atoms with E-state index in [0.717, 1.165) is 25.9 Å². The molecule has 1 saturated heterocycles. The predicted octanol–water partition coefficient (Wildman–Crippen LogP) is 1.91. The molecular weight excluding hydrogens is 272 g/mol. The van der Waals surface area contributed by atoms with Gasteiger partial charge in [-0.3, -0.25) is 4.90 Å². The molecule has 4 nitrogen and oxygen atoms in total. The van der Waals surface area contributed by atoms with Crippen molar-refractivity contribution in [3.05, 3.63) is 0 Å². The van der Waals surface area contributed by atoms with Crippen LogP contribution < -0.4 is 5.32 Å². The summed E-state index contributed by atoms with van der Waals surface area (Å²) in [5.74, 6) is 0.950. The number of nitrogens with one attached hydrogen (secondary N) is 1. The van der Waals surface area contributed by atoms with Gasteiger partial charge in [-0.1, -0.05) is 13.8 Å². The van der Waals surface area contributed by atoms with Gasteiger partial charge in [-0.25, -0.2) is 8.42 Å². The largest absolute Gasteiger partial charge is 0.313 e. The molecule has 0 aromatic carbocycles. The van der Waals surface area contributed by atoms with Crippen molar-refractivity contribution < 1.29 is 8.42 Å². The summed E-state index contributed by atoms with van der Waals surface area (Å²) in [5, 5.41) is 3.33. The average molecular weight is 305 g/mol. The normalized spacial score (nSPS) is 26.1. The van der Waals surface area contributed by atoms with Crippen molar-refractivity contribution in [3.63, 3.8) is 0 Å². The highest BCUT2D eigenvalue weighted by atomic mass is 32.2. The first kappa shape index (κ1) is 17.9. The number of hydrogen-bond acceptors (Lipinski definition) is 4. The number of hydrogen-bond donors (Lipinski definition) is 1. The van der Waals surface area contributed by atoms with Crippen molar-refractivity contribution in [1.29, 1.82) is 0 Å². The minimum Gasteiger partial charge on any atom is -0.313 e. The van der Waals surface area contributed by atoms with E-state index in [-0.39, 0.29) is 11.0 Å². The van der Waals surface area contributed by atoms with Gasteiger partial charge in [0.2, 0.25) is 0 Å². The zero-order chi connectivity index (χ0) is 15.3. The van der Waals surface area contributed by atoms with Gasteiger partial charge in [0.25, 0.3) is 0 Å². The van der Waals surface area contributed by atoms with Crippen molar-refractivity contribution in [1.82, 2.24) is 10.2 Å². The molecule has 0 radical (unpaired) electrons. The van der Waals surface area contributed by atoms with Crippen LogP contribution >= 0.6 is 0 Å². The van der Waals surface area contributed by atoms with E-state index in [4.69, 9.17) is 0 Å². The monoisotopic (exact) mass is 304 g/mol. The van der Waals surface area contributed by atoms with Gasteiger partial charge in [0, 0.05) is 25.2 Å². The van der Waals surface area contributed by atoms with Gasteiger partial charge >= 0.3 is 0 Å². The Labute approximate surface area is 125 Å². The van der Waals surface area contributed by atoms with Gasteiger partial charge in [0.05, 0.1) is 11.0 Å². The maximum atomic E-state index is 12.0.